The summed E-state index contributed by atoms with van der Waals surface area (Å²) >= 11 is 0. The fourth-order valence-corrected chi connectivity index (χ4v) is 0.381. The molecular weight excluding hydrogens is 102 g/mol. The van der Waals surface area contributed by atoms with Crippen LogP contribution in [0.4, 0.5) is 0 Å². The second-order valence-electron chi connectivity index (χ2n) is 1.93. The SMILES string of the molecule is C=C(NC(C)C)OC. The topological polar surface area (TPSA) is 21.3 Å². The summed E-state index contributed by atoms with van der Waals surface area (Å²) in [6.45, 7) is 7.64. The molecule has 0 radical (unpaired) electrons. The minimum Gasteiger partial charge on any atom is -0.483 e. The van der Waals surface area contributed by atoms with Crippen LogP contribution in [0.5, 0.6) is 0 Å². The summed E-state index contributed by atoms with van der Waals surface area (Å²) in [5.74, 6) is 0.625. The van der Waals surface area contributed by atoms with Crippen molar-refractivity contribution in [1.82, 2.24) is 5.32 Å². The largest absolute Gasteiger partial charge is 0.483 e. The third-order valence-electron chi connectivity index (χ3n) is 0.696. The van der Waals surface area contributed by atoms with Gasteiger partial charge in [0.05, 0.1) is 7.11 Å². The molecule has 0 atom stereocenters. The molecule has 0 spiro atoms. The fourth-order valence-electron chi connectivity index (χ4n) is 0.381. The van der Waals surface area contributed by atoms with Crippen molar-refractivity contribution in [3.8, 4) is 0 Å². The quantitative estimate of drug-likeness (QED) is 0.556. The lowest BCUT2D eigenvalue weighted by atomic mass is 10.4. The molecule has 0 aromatic rings. The Bertz CT molecular complexity index is 78.6. The fraction of sp³-hybridized carbons (Fsp3) is 0.667. The number of nitrogens with one attached hydrogen (secondary N) is 1. The van der Waals surface area contributed by atoms with Gasteiger partial charge in [0.25, 0.3) is 0 Å². The molecule has 0 bridgehead atoms. The van der Waals surface area contributed by atoms with Gasteiger partial charge in [0, 0.05) is 6.04 Å². The van der Waals surface area contributed by atoms with E-state index in [1.165, 1.54) is 0 Å². The van der Waals surface area contributed by atoms with E-state index in [0.717, 1.165) is 0 Å². The number of rotatable bonds is 3. The Morgan fingerprint density at radius 3 is 2.25 bits per heavy atom. The van der Waals surface area contributed by atoms with Gasteiger partial charge < -0.3 is 10.1 Å². The van der Waals surface area contributed by atoms with Crippen LogP contribution in [0.3, 0.4) is 0 Å². The van der Waals surface area contributed by atoms with E-state index in [2.05, 4.69) is 11.9 Å². The molecule has 48 valence electrons. The predicted octanol–water partition coefficient (Wildman–Crippen LogP) is 1.10. The minimum atomic E-state index is 0.405. The maximum absolute atomic E-state index is 4.76. The highest BCUT2D eigenvalue weighted by atomic mass is 16.5. The summed E-state index contributed by atoms with van der Waals surface area (Å²) in [6.07, 6.45) is 0. The number of methoxy groups -OCH3 is 1. The Hall–Kier alpha value is -0.660. The average Bonchev–Trinajstić information content (AvgIpc) is 1.65. The smallest absolute Gasteiger partial charge is 0.179 e. The van der Waals surface area contributed by atoms with Crippen LogP contribution in [0.1, 0.15) is 13.8 Å². The number of ether oxygens (including phenoxy) is 1. The van der Waals surface area contributed by atoms with Crippen LogP contribution in [-0.2, 0) is 4.74 Å². The molecule has 0 aliphatic rings. The van der Waals surface area contributed by atoms with E-state index >= 15 is 0 Å². The summed E-state index contributed by atoms with van der Waals surface area (Å²) in [5, 5.41) is 2.98. The van der Waals surface area contributed by atoms with Crippen molar-refractivity contribution >= 4 is 0 Å². The lowest BCUT2D eigenvalue weighted by Crippen LogP contribution is -2.21. The first kappa shape index (κ1) is 7.34. The van der Waals surface area contributed by atoms with E-state index in [4.69, 9.17) is 4.74 Å². The standard InChI is InChI=1S/C6H13NO/c1-5(2)7-6(3)8-4/h5,7H,3H2,1-2,4H3. The zero-order valence-corrected chi connectivity index (χ0v) is 5.69. The van der Waals surface area contributed by atoms with Crippen molar-refractivity contribution in [2.75, 3.05) is 7.11 Å². The van der Waals surface area contributed by atoms with Gasteiger partial charge in [-0.15, -0.1) is 0 Å². The van der Waals surface area contributed by atoms with E-state index in [9.17, 15) is 0 Å². The van der Waals surface area contributed by atoms with E-state index in [-0.39, 0.29) is 0 Å². The lowest BCUT2D eigenvalue weighted by molar-refractivity contribution is 0.256. The first-order valence-corrected chi connectivity index (χ1v) is 2.66. The average molecular weight is 115 g/mol. The van der Waals surface area contributed by atoms with Crippen molar-refractivity contribution < 1.29 is 4.74 Å². The van der Waals surface area contributed by atoms with Gasteiger partial charge in [-0.1, -0.05) is 0 Å². The molecule has 8 heavy (non-hydrogen) atoms. The van der Waals surface area contributed by atoms with Gasteiger partial charge in [0.15, 0.2) is 5.88 Å². The van der Waals surface area contributed by atoms with Crippen LogP contribution in [0.15, 0.2) is 12.5 Å². The molecule has 0 aromatic carbocycles. The second kappa shape index (κ2) is 3.36. The minimum absolute atomic E-state index is 0.405. The van der Waals surface area contributed by atoms with Crippen LogP contribution in [0.2, 0.25) is 0 Å². The first-order valence-electron chi connectivity index (χ1n) is 2.66. The van der Waals surface area contributed by atoms with Gasteiger partial charge in [0.1, 0.15) is 0 Å². The zero-order chi connectivity index (χ0) is 6.57. The number of hydrogen-bond donors (Lipinski definition) is 1. The molecule has 2 heteroatoms. The van der Waals surface area contributed by atoms with Crippen LogP contribution in [0, 0.1) is 0 Å². The normalized spacial score (nSPS) is 9.00. The van der Waals surface area contributed by atoms with Crippen molar-refractivity contribution in [2.24, 2.45) is 0 Å². The van der Waals surface area contributed by atoms with Crippen LogP contribution < -0.4 is 5.32 Å². The Kier molecular flexibility index (Phi) is 3.08. The Labute approximate surface area is 50.5 Å². The molecule has 0 unspecified atom stereocenters. The lowest BCUT2D eigenvalue weighted by Gasteiger charge is -2.09. The van der Waals surface area contributed by atoms with Crippen molar-refractivity contribution in [3.05, 3.63) is 12.5 Å². The molecule has 2 nitrogen and oxygen atoms in total. The maximum Gasteiger partial charge on any atom is 0.179 e. The van der Waals surface area contributed by atoms with E-state index in [1.54, 1.807) is 7.11 Å². The molecule has 0 rings (SSSR count). The molecule has 0 saturated heterocycles. The van der Waals surface area contributed by atoms with Crippen molar-refractivity contribution in [3.63, 3.8) is 0 Å². The van der Waals surface area contributed by atoms with Crippen molar-refractivity contribution in [2.45, 2.75) is 19.9 Å². The third-order valence-corrected chi connectivity index (χ3v) is 0.696. The molecule has 0 fully saturated rings. The van der Waals surface area contributed by atoms with E-state index < -0.39 is 0 Å². The first-order chi connectivity index (χ1) is 3.66. The van der Waals surface area contributed by atoms with E-state index in [1.807, 2.05) is 13.8 Å². The predicted molar refractivity (Wildman–Crippen MR) is 34.4 cm³/mol. The summed E-state index contributed by atoms with van der Waals surface area (Å²) in [7, 11) is 1.59. The van der Waals surface area contributed by atoms with Crippen molar-refractivity contribution in [1.29, 1.82) is 0 Å². The van der Waals surface area contributed by atoms with E-state index in [0.29, 0.717) is 11.9 Å². The summed E-state index contributed by atoms with van der Waals surface area (Å²) in [5.41, 5.74) is 0. The van der Waals surface area contributed by atoms with Gasteiger partial charge >= 0.3 is 0 Å². The zero-order valence-electron chi connectivity index (χ0n) is 5.69. The highest BCUT2D eigenvalue weighted by Gasteiger charge is 1.91. The molecule has 0 aliphatic carbocycles. The Balaban J connectivity index is 3.25. The highest BCUT2D eigenvalue weighted by molar-refractivity contribution is 4.79. The van der Waals surface area contributed by atoms with Gasteiger partial charge in [-0.3, -0.25) is 0 Å². The molecule has 0 saturated carbocycles. The maximum atomic E-state index is 4.76. The third kappa shape index (κ3) is 3.53. The van der Waals surface area contributed by atoms with Crippen LogP contribution >= 0.6 is 0 Å². The Morgan fingerprint density at radius 1 is 1.62 bits per heavy atom. The molecule has 0 heterocycles. The van der Waals surface area contributed by atoms with Gasteiger partial charge in [-0.25, -0.2) is 0 Å². The van der Waals surface area contributed by atoms with Gasteiger partial charge in [0.2, 0.25) is 0 Å². The van der Waals surface area contributed by atoms with Gasteiger partial charge in [-0.05, 0) is 20.4 Å². The molecule has 0 aliphatic heterocycles. The Morgan fingerprint density at radius 2 is 2.12 bits per heavy atom. The molecule has 1 N–H and O–H groups in total. The number of hydrogen-bond acceptors (Lipinski definition) is 2. The molecular formula is C6H13NO. The molecule has 0 amide bonds. The summed E-state index contributed by atoms with van der Waals surface area (Å²) in [4.78, 5) is 0. The monoisotopic (exact) mass is 115 g/mol. The summed E-state index contributed by atoms with van der Waals surface area (Å²) in [6, 6.07) is 0.405. The van der Waals surface area contributed by atoms with Gasteiger partial charge in [-0.2, -0.15) is 0 Å². The molecule has 0 aromatic heterocycles. The van der Waals surface area contributed by atoms with Crippen LogP contribution in [0.25, 0.3) is 0 Å². The second-order valence-corrected chi connectivity index (χ2v) is 1.93. The summed E-state index contributed by atoms with van der Waals surface area (Å²) < 4.78 is 4.76. The highest BCUT2D eigenvalue weighted by Crippen LogP contribution is 1.85. The van der Waals surface area contributed by atoms with Crippen LogP contribution in [-0.4, -0.2) is 13.2 Å².